The number of benzene rings is 2. The van der Waals surface area contributed by atoms with Gasteiger partial charge in [-0.3, -0.25) is 0 Å². The zero-order valence-corrected chi connectivity index (χ0v) is 12.6. The Morgan fingerprint density at radius 1 is 0.818 bits per heavy atom. The Kier molecular flexibility index (Phi) is 4.40. The second-order valence-electron chi connectivity index (χ2n) is 5.03. The highest BCUT2D eigenvalue weighted by molar-refractivity contribution is 6.13. The lowest BCUT2D eigenvalue weighted by atomic mass is 10.0. The van der Waals surface area contributed by atoms with E-state index in [0.717, 1.165) is 34.6 Å². The minimum Gasteiger partial charge on any atom is -0.237 e. The van der Waals surface area contributed by atoms with E-state index in [2.05, 4.69) is 42.2 Å². The number of aromatic nitrogens is 1. The summed E-state index contributed by atoms with van der Waals surface area (Å²) >= 11 is 0. The van der Waals surface area contributed by atoms with Crippen LogP contribution in [0.3, 0.4) is 0 Å². The first-order valence-electron chi connectivity index (χ1n) is 7.52. The predicted molar refractivity (Wildman–Crippen MR) is 91.8 cm³/mol. The SMILES string of the molecule is CCc1cccnc1N=C(c1ccccc1)c1ccccc1. The third-order valence-electron chi connectivity index (χ3n) is 3.56. The van der Waals surface area contributed by atoms with E-state index in [1.54, 1.807) is 6.20 Å². The molecule has 2 nitrogen and oxygen atoms in total. The molecular formula is C20H18N2. The monoisotopic (exact) mass is 286 g/mol. The van der Waals surface area contributed by atoms with Crippen LogP contribution in [0.2, 0.25) is 0 Å². The highest BCUT2D eigenvalue weighted by atomic mass is 14.9. The van der Waals surface area contributed by atoms with Crippen LogP contribution in [0.25, 0.3) is 0 Å². The van der Waals surface area contributed by atoms with Gasteiger partial charge in [-0.1, -0.05) is 73.7 Å². The van der Waals surface area contributed by atoms with Crippen LogP contribution in [-0.4, -0.2) is 10.7 Å². The third kappa shape index (κ3) is 3.12. The van der Waals surface area contributed by atoms with Gasteiger partial charge >= 0.3 is 0 Å². The summed E-state index contributed by atoms with van der Waals surface area (Å²) in [6.07, 6.45) is 2.72. The van der Waals surface area contributed by atoms with Crippen LogP contribution in [0.4, 0.5) is 5.82 Å². The van der Waals surface area contributed by atoms with Crippen LogP contribution in [0.15, 0.2) is 84.0 Å². The van der Waals surface area contributed by atoms with Gasteiger partial charge in [-0.2, -0.15) is 0 Å². The Labute approximate surface area is 131 Å². The molecule has 2 aromatic carbocycles. The topological polar surface area (TPSA) is 25.2 Å². The van der Waals surface area contributed by atoms with Crippen LogP contribution in [0.1, 0.15) is 23.6 Å². The largest absolute Gasteiger partial charge is 0.237 e. The van der Waals surface area contributed by atoms with Gasteiger partial charge in [-0.05, 0) is 18.1 Å². The first-order chi connectivity index (χ1) is 10.9. The minimum atomic E-state index is 0.799. The van der Waals surface area contributed by atoms with E-state index in [4.69, 9.17) is 4.99 Å². The lowest BCUT2D eigenvalue weighted by Crippen LogP contribution is -2.03. The van der Waals surface area contributed by atoms with Crippen molar-refractivity contribution in [2.24, 2.45) is 4.99 Å². The standard InChI is InChI=1S/C20H18N2/c1-2-16-14-9-15-21-20(16)22-19(17-10-5-3-6-11-17)18-12-7-4-8-13-18/h3-15H,2H2,1H3. The van der Waals surface area contributed by atoms with E-state index < -0.39 is 0 Å². The Bertz CT molecular complexity index is 720. The molecule has 3 rings (SSSR count). The molecule has 0 bridgehead atoms. The number of aryl methyl sites for hydroxylation is 1. The Morgan fingerprint density at radius 2 is 1.41 bits per heavy atom. The fraction of sp³-hybridized carbons (Fsp3) is 0.100. The van der Waals surface area contributed by atoms with Crippen molar-refractivity contribution in [3.63, 3.8) is 0 Å². The summed E-state index contributed by atoms with van der Waals surface area (Å²) in [5.74, 6) is 0.799. The molecule has 0 aliphatic carbocycles. The summed E-state index contributed by atoms with van der Waals surface area (Å²) in [7, 11) is 0. The second-order valence-corrected chi connectivity index (χ2v) is 5.03. The molecule has 0 saturated heterocycles. The normalized spacial score (nSPS) is 10.2. The molecule has 22 heavy (non-hydrogen) atoms. The number of hydrogen-bond donors (Lipinski definition) is 0. The number of aliphatic imine (C=N–C) groups is 1. The summed E-state index contributed by atoms with van der Waals surface area (Å²) in [5, 5.41) is 0. The molecule has 0 aliphatic rings. The van der Waals surface area contributed by atoms with E-state index >= 15 is 0 Å². The number of nitrogens with zero attached hydrogens (tertiary/aromatic N) is 2. The Balaban J connectivity index is 2.16. The maximum atomic E-state index is 4.88. The summed E-state index contributed by atoms with van der Waals surface area (Å²) in [6, 6.07) is 24.6. The van der Waals surface area contributed by atoms with Crippen molar-refractivity contribution in [2.75, 3.05) is 0 Å². The third-order valence-corrected chi connectivity index (χ3v) is 3.56. The zero-order chi connectivity index (χ0) is 15.2. The first-order valence-corrected chi connectivity index (χ1v) is 7.52. The molecule has 0 saturated carbocycles. The number of hydrogen-bond acceptors (Lipinski definition) is 2. The van der Waals surface area contributed by atoms with Crippen molar-refractivity contribution in [1.29, 1.82) is 0 Å². The van der Waals surface area contributed by atoms with Gasteiger partial charge < -0.3 is 0 Å². The predicted octanol–water partition coefficient (Wildman–Crippen LogP) is 4.81. The van der Waals surface area contributed by atoms with Gasteiger partial charge in [0, 0.05) is 17.3 Å². The average molecular weight is 286 g/mol. The van der Waals surface area contributed by atoms with Crippen LogP contribution >= 0.6 is 0 Å². The zero-order valence-electron chi connectivity index (χ0n) is 12.6. The first kappa shape index (κ1) is 14.2. The van der Waals surface area contributed by atoms with Gasteiger partial charge in [0.25, 0.3) is 0 Å². The van der Waals surface area contributed by atoms with Gasteiger partial charge in [0.2, 0.25) is 0 Å². The smallest absolute Gasteiger partial charge is 0.155 e. The fourth-order valence-corrected chi connectivity index (χ4v) is 2.40. The maximum Gasteiger partial charge on any atom is 0.155 e. The van der Waals surface area contributed by atoms with Crippen molar-refractivity contribution in [1.82, 2.24) is 4.98 Å². The molecule has 0 aliphatic heterocycles. The van der Waals surface area contributed by atoms with Gasteiger partial charge in [0.05, 0.1) is 5.71 Å². The van der Waals surface area contributed by atoms with Crippen LogP contribution in [0.5, 0.6) is 0 Å². The van der Waals surface area contributed by atoms with Gasteiger partial charge in [-0.15, -0.1) is 0 Å². The quantitative estimate of drug-likeness (QED) is 0.632. The van der Waals surface area contributed by atoms with Crippen molar-refractivity contribution >= 4 is 11.5 Å². The molecule has 0 amide bonds. The molecule has 3 aromatic rings. The summed E-state index contributed by atoms with van der Waals surface area (Å²) in [5.41, 5.74) is 4.31. The van der Waals surface area contributed by atoms with E-state index in [1.807, 2.05) is 42.5 Å². The lowest BCUT2D eigenvalue weighted by molar-refractivity contribution is 1.09. The summed E-state index contributed by atoms with van der Waals surface area (Å²) in [4.78, 5) is 9.33. The van der Waals surface area contributed by atoms with Gasteiger partial charge in [-0.25, -0.2) is 9.98 Å². The molecule has 1 heterocycles. The molecule has 0 spiro atoms. The highest BCUT2D eigenvalue weighted by Gasteiger charge is 2.08. The van der Waals surface area contributed by atoms with Crippen molar-refractivity contribution in [3.8, 4) is 0 Å². The van der Waals surface area contributed by atoms with E-state index in [9.17, 15) is 0 Å². The van der Waals surface area contributed by atoms with Crippen LogP contribution < -0.4 is 0 Å². The van der Waals surface area contributed by atoms with Crippen molar-refractivity contribution in [3.05, 3.63) is 95.7 Å². The molecule has 0 atom stereocenters. The van der Waals surface area contributed by atoms with Crippen LogP contribution in [0, 0.1) is 0 Å². The lowest BCUT2D eigenvalue weighted by Gasteiger charge is -2.09. The van der Waals surface area contributed by atoms with Gasteiger partial charge in [0.1, 0.15) is 0 Å². The Morgan fingerprint density at radius 3 is 1.95 bits per heavy atom. The number of rotatable bonds is 4. The Hall–Kier alpha value is -2.74. The molecule has 108 valence electrons. The fourth-order valence-electron chi connectivity index (χ4n) is 2.40. The minimum absolute atomic E-state index is 0.799. The number of pyridine rings is 1. The summed E-state index contributed by atoms with van der Waals surface area (Å²) < 4.78 is 0. The van der Waals surface area contributed by atoms with E-state index in [0.29, 0.717) is 0 Å². The molecule has 0 fully saturated rings. The second kappa shape index (κ2) is 6.81. The van der Waals surface area contributed by atoms with Crippen molar-refractivity contribution in [2.45, 2.75) is 13.3 Å². The molecule has 2 heteroatoms. The molecule has 0 radical (unpaired) electrons. The van der Waals surface area contributed by atoms with Crippen molar-refractivity contribution < 1.29 is 0 Å². The summed E-state index contributed by atoms with van der Waals surface area (Å²) in [6.45, 7) is 2.13. The molecule has 1 aromatic heterocycles. The average Bonchev–Trinajstić information content (AvgIpc) is 2.61. The van der Waals surface area contributed by atoms with Gasteiger partial charge in [0.15, 0.2) is 5.82 Å². The molecular weight excluding hydrogens is 268 g/mol. The van der Waals surface area contributed by atoms with E-state index in [1.165, 1.54) is 0 Å². The highest BCUT2D eigenvalue weighted by Crippen LogP contribution is 2.20. The van der Waals surface area contributed by atoms with E-state index in [-0.39, 0.29) is 0 Å². The maximum absolute atomic E-state index is 4.88. The molecule has 0 N–H and O–H groups in total. The van der Waals surface area contributed by atoms with Crippen LogP contribution in [-0.2, 0) is 6.42 Å². The molecule has 0 unspecified atom stereocenters.